The van der Waals surface area contributed by atoms with Crippen LogP contribution < -0.4 is 4.74 Å². The third-order valence-electron chi connectivity index (χ3n) is 3.82. The van der Waals surface area contributed by atoms with Gasteiger partial charge in [0.25, 0.3) is 5.88 Å². The highest BCUT2D eigenvalue weighted by molar-refractivity contribution is 7.89. The lowest BCUT2D eigenvalue weighted by Gasteiger charge is -2.17. The number of aryl methyl sites for hydroxylation is 1. The molecule has 24 heavy (non-hydrogen) atoms. The Morgan fingerprint density at radius 3 is 2.96 bits per heavy atom. The van der Waals surface area contributed by atoms with Gasteiger partial charge in [0.15, 0.2) is 0 Å². The molecule has 1 saturated heterocycles. The molecule has 128 valence electrons. The van der Waals surface area contributed by atoms with Crippen LogP contribution in [0, 0.1) is 5.82 Å². The minimum atomic E-state index is -3.62. The van der Waals surface area contributed by atoms with E-state index in [1.54, 1.807) is 13.0 Å². The van der Waals surface area contributed by atoms with E-state index < -0.39 is 21.9 Å². The van der Waals surface area contributed by atoms with Gasteiger partial charge in [-0.3, -0.25) is 4.98 Å². The van der Waals surface area contributed by atoms with E-state index in [1.165, 1.54) is 29.1 Å². The molecule has 1 aliphatic heterocycles. The second-order valence-corrected chi connectivity index (χ2v) is 7.31. The molecule has 0 bridgehead atoms. The van der Waals surface area contributed by atoms with Gasteiger partial charge < -0.3 is 4.74 Å². The first kappa shape index (κ1) is 16.7. The number of halogens is 1. The van der Waals surface area contributed by atoms with Crippen LogP contribution in [0.4, 0.5) is 4.39 Å². The van der Waals surface area contributed by atoms with Gasteiger partial charge in [-0.25, -0.2) is 13.4 Å². The molecule has 0 N–H and O–H groups in total. The Labute approximate surface area is 139 Å². The van der Waals surface area contributed by atoms with E-state index >= 15 is 0 Å². The molecule has 0 saturated carbocycles. The molecule has 1 fully saturated rings. The minimum absolute atomic E-state index is 0.132. The van der Waals surface area contributed by atoms with Gasteiger partial charge in [0, 0.05) is 18.9 Å². The highest BCUT2D eigenvalue weighted by atomic mass is 32.2. The molecule has 3 heterocycles. The topological polar surface area (TPSA) is 85.3 Å². The molecule has 1 aliphatic rings. The summed E-state index contributed by atoms with van der Waals surface area (Å²) in [5.74, 6) is -0.721. The second-order valence-electron chi connectivity index (χ2n) is 5.37. The average Bonchev–Trinajstić information content (AvgIpc) is 3.07. The highest BCUT2D eigenvalue weighted by Gasteiger charge is 2.34. The van der Waals surface area contributed by atoms with E-state index in [9.17, 15) is 12.8 Å². The first-order valence-electron chi connectivity index (χ1n) is 7.58. The van der Waals surface area contributed by atoms with E-state index in [2.05, 4.69) is 15.0 Å². The minimum Gasteiger partial charge on any atom is -0.471 e. The van der Waals surface area contributed by atoms with Gasteiger partial charge in [0.05, 0.1) is 12.2 Å². The quantitative estimate of drug-likeness (QED) is 0.809. The summed E-state index contributed by atoms with van der Waals surface area (Å²) in [5, 5.41) is 0. The number of hydrogen-bond acceptors (Lipinski definition) is 6. The van der Waals surface area contributed by atoms with Crippen molar-refractivity contribution in [2.24, 2.45) is 0 Å². The molecule has 0 amide bonds. The first-order chi connectivity index (χ1) is 11.5. The van der Waals surface area contributed by atoms with Gasteiger partial charge in [-0.1, -0.05) is 6.92 Å². The van der Waals surface area contributed by atoms with E-state index in [4.69, 9.17) is 4.74 Å². The fourth-order valence-corrected chi connectivity index (χ4v) is 3.99. The molecule has 3 rings (SSSR count). The number of ether oxygens (including phenoxy) is 1. The summed E-state index contributed by atoms with van der Waals surface area (Å²) in [4.78, 5) is 11.6. The Morgan fingerprint density at radius 2 is 2.25 bits per heavy atom. The van der Waals surface area contributed by atoms with Crippen molar-refractivity contribution in [2.45, 2.75) is 30.8 Å². The van der Waals surface area contributed by atoms with Crippen molar-refractivity contribution in [3.05, 3.63) is 42.4 Å². The summed E-state index contributed by atoms with van der Waals surface area (Å²) >= 11 is 0. The maximum absolute atomic E-state index is 14.1. The maximum atomic E-state index is 14.1. The molecule has 7 nitrogen and oxygen atoms in total. The summed E-state index contributed by atoms with van der Waals surface area (Å²) in [6.45, 7) is 2.23. The summed E-state index contributed by atoms with van der Waals surface area (Å²) in [6, 6.07) is 3.06. The van der Waals surface area contributed by atoms with Crippen LogP contribution in [0.3, 0.4) is 0 Å². The molecule has 0 aliphatic carbocycles. The van der Waals surface area contributed by atoms with Crippen LogP contribution in [0.25, 0.3) is 0 Å². The standard InChI is InChI=1S/C15H17FN4O3S/c1-2-13-14(16)15(19-10-18-13)23-11-5-7-20(9-11)24(21,22)12-4-3-6-17-8-12/h3-4,6,8,10-11H,2,5,7,9H2,1H3/t11-/m0/s1. The number of pyridine rings is 1. The molecule has 0 radical (unpaired) electrons. The molecule has 0 spiro atoms. The Kier molecular flexibility index (Phi) is 4.72. The summed E-state index contributed by atoms with van der Waals surface area (Å²) < 4.78 is 46.1. The molecule has 0 unspecified atom stereocenters. The van der Waals surface area contributed by atoms with Gasteiger partial charge in [0.1, 0.15) is 17.3 Å². The average molecular weight is 352 g/mol. The Bertz CT molecular complexity index is 817. The van der Waals surface area contributed by atoms with Crippen LogP contribution in [0.2, 0.25) is 0 Å². The van der Waals surface area contributed by atoms with Gasteiger partial charge >= 0.3 is 0 Å². The van der Waals surface area contributed by atoms with E-state index in [0.29, 0.717) is 19.4 Å². The predicted molar refractivity (Wildman–Crippen MR) is 83.4 cm³/mol. The third kappa shape index (κ3) is 3.22. The van der Waals surface area contributed by atoms with Crippen molar-refractivity contribution in [1.29, 1.82) is 0 Å². The maximum Gasteiger partial charge on any atom is 0.254 e. The number of hydrogen-bond donors (Lipinski definition) is 0. The van der Waals surface area contributed by atoms with Crippen molar-refractivity contribution in [2.75, 3.05) is 13.1 Å². The fraction of sp³-hybridized carbons (Fsp3) is 0.400. The lowest BCUT2D eigenvalue weighted by molar-refractivity contribution is 0.195. The van der Waals surface area contributed by atoms with Crippen molar-refractivity contribution in [3.63, 3.8) is 0 Å². The molecule has 0 aromatic carbocycles. The largest absolute Gasteiger partial charge is 0.471 e. The predicted octanol–water partition coefficient (Wildman–Crippen LogP) is 1.42. The summed E-state index contributed by atoms with van der Waals surface area (Å²) in [7, 11) is -3.62. The number of rotatable bonds is 5. The van der Waals surface area contributed by atoms with Gasteiger partial charge in [-0.05, 0) is 25.0 Å². The zero-order valence-corrected chi connectivity index (χ0v) is 13.9. The highest BCUT2D eigenvalue weighted by Crippen LogP contribution is 2.24. The molecule has 2 aromatic rings. The smallest absolute Gasteiger partial charge is 0.254 e. The Balaban J connectivity index is 1.72. The van der Waals surface area contributed by atoms with Crippen LogP contribution >= 0.6 is 0 Å². The lowest BCUT2D eigenvalue weighted by atomic mass is 10.3. The van der Waals surface area contributed by atoms with E-state index in [0.717, 1.165) is 0 Å². The van der Waals surface area contributed by atoms with Gasteiger partial charge in [0.2, 0.25) is 15.8 Å². The van der Waals surface area contributed by atoms with Crippen LogP contribution in [-0.4, -0.2) is 46.9 Å². The molecule has 2 aromatic heterocycles. The molecular weight excluding hydrogens is 335 g/mol. The van der Waals surface area contributed by atoms with Crippen LogP contribution in [0.1, 0.15) is 19.0 Å². The summed E-state index contributed by atoms with van der Waals surface area (Å²) in [5.41, 5.74) is 0.276. The Morgan fingerprint density at radius 1 is 1.42 bits per heavy atom. The first-order valence-corrected chi connectivity index (χ1v) is 9.02. The van der Waals surface area contributed by atoms with Crippen molar-refractivity contribution < 1.29 is 17.5 Å². The number of sulfonamides is 1. The third-order valence-corrected chi connectivity index (χ3v) is 5.67. The van der Waals surface area contributed by atoms with Crippen molar-refractivity contribution >= 4 is 10.0 Å². The summed E-state index contributed by atoms with van der Waals surface area (Å²) in [6.07, 6.45) is 4.50. The van der Waals surface area contributed by atoms with Crippen LogP contribution in [-0.2, 0) is 16.4 Å². The second kappa shape index (κ2) is 6.78. The molecule has 9 heteroatoms. The van der Waals surface area contributed by atoms with Gasteiger partial charge in [-0.2, -0.15) is 13.7 Å². The molecular formula is C15H17FN4O3S. The van der Waals surface area contributed by atoms with Crippen LogP contribution in [0.15, 0.2) is 35.7 Å². The number of aromatic nitrogens is 3. The zero-order valence-electron chi connectivity index (χ0n) is 13.1. The van der Waals surface area contributed by atoms with E-state index in [1.807, 2.05) is 0 Å². The number of nitrogens with zero attached hydrogens (tertiary/aromatic N) is 4. The lowest BCUT2D eigenvalue weighted by Crippen LogP contribution is -2.31. The SMILES string of the molecule is CCc1ncnc(O[C@H]2CCN(S(=O)(=O)c3cccnc3)C2)c1F. The van der Waals surface area contributed by atoms with Crippen molar-refractivity contribution in [1.82, 2.24) is 19.3 Å². The zero-order chi connectivity index (χ0) is 17.2. The van der Waals surface area contributed by atoms with Crippen molar-refractivity contribution in [3.8, 4) is 5.88 Å². The monoisotopic (exact) mass is 352 g/mol. The molecule has 1 atom stereocenters. The normalized spacial score (nSPS) is 18.7. The fourth-order valence-electron chi connectivity index (χ4n) is 2.54. The Hall–Kier alpha value is -2.13. The van der Waals surface area contributed by atoms with Gasteiger partial charge in [-0.15, -0.1) is 0 Å². The van der Waals surface area contributed by atoms with E-state index in [-0.39, 0.29) is 23.0 Å². The van der Waals surface area contributed by atoms with Crippen LogP contribution in [0.5, 0.6) is 5.88 Å².